The Balaban J connectivity index is 2.78. The molecule has 0 aromatic rings. The van der Waals surface area contributed by atoms with Crippen molar-refractivity contribution in [1.29, 1.82) is 0 Å². The lowest BCUT2D eigenvalue weighted by Crippen LogP contribution is -2.60. The molecule has 7 nitrogen and oxygen atoms in total. The summed E-state index contributed by atoms with van der Waals surface area (Å²) in [5.74, 6) is -1.43. The van der Waals surface area contributed by atoms with Gasteiger partial charge in [0.15, 0.2) is 12.4 Å². The van der Waals surface area contributed by atoms with Crippen molar-refractivity contribution in [2.45, 2.75) is 30.7 Å². The van der Waals surface area contributed by atoms with Gasteiger partial charge in [-0.15, -0.1) is 0 Å². The van der Waals surface area contributed by atoms with Gasteiger partial charge in [-0.05, 0) is 0 Å². The van der Waals surface area contributed by atoms with Gasteiger partial charge in [0.2, 0.25) is 0 Å². The molecule has 0 bridgehead atoms. The van der Waals surface area contributed by atoms with Gasteiger partial charge in [0.25, 0.3) is 0 Å². The Hall–Kier alpha value is -0.730. The molecule has 4 N–H and O–H groups in total. The van der Waals surface area contributed by atoms with Gasteiger partial charge in [0.1, 0.15) is 18.3 Å². The molecule has 1 unspecified atom stereocenters. The molecule has 1 aliphatic heterocycles. The monoisotopic (exact) mass is 208 g/mol. The highest BCUT2D eigenvalue weighted by Crippen LogP contribution is 2.21. The van der Waals surface area contributed by atoms with E-state index in [1.165, 1.54) is 7.11 Å². The van der Waals surface area contributed by atoms with E-state index in [0.717, 1.165) is 0 Å². The quantitative estimate of drug-likeness (QED) is 0.397. The van der Waals surface area contributed by atoms with Crippen molar-refractivity contribution in [1.82, 2.24) is 0 Å². The summed E-state index contributed by atoms with van der Waals surface area (Å²) in [6, 6.07) is 0. The Morgan fingerprint density at radius 2 is 1.79 bits per heavy atom. The highest BCUT2D eigenvalue weighted by Gasteiger charge is 2.46. The average molecular weight is 208 g/mol. The number of ether oxygens (including phenoxy) is 2. The van der Waals surface area contributed by atoms with Gasteiger partial charge < -0.3 is 29.9 Å². The Morgan fingerprint density at radius 1 is 1.21 bits per heavy atom. The van der Waals surface area contributed by atoms with Crippen LogP contribution in [0.1, 0.15) is 0 Å². The lowest BCUT2D eigenvalue weighted by atomic mass is 9.99. The van der Waals surface area contributed by atoms with Gasteiger partial charge in [0, 0.05) is 7.11 Å². The van der Waals surface area contributed by atoms with E-state index in [0.29, 0.717) is 0 Å². The molecule has 0 spiro atoms. The van der Waals surface area contributed by atoms with Crippen molar-refractivity contribution in [2.24, 2.45) is 0 Å². The van der Waals surface area contributed by atoms with Crippen LogP contribution in [0.25, 0.3) is 0 Å². The fourth-order valence-electron chi connectivity index (χ4n) is 1.25. The van der Waals surface area contributed by atoms with Crippen molar-refractivity contribution in [3.05, 3.63) is 0 Å². The predicted octanol–water partition coefficient (Wildman–Crippen LogP) is -2.47. The highest BCUT2D eigenvalue weighted by atomic mass is 16.7. The predicted molar refractivity (Wildman–Crippen MR) is 41.3 cm³/mol. The second-order valence-corrected chi connectivity index (χ2v) is 2.97. The number of hydrogen-bond donors (Lipinski definition) is 4. The maximum Gasteiger partial charge on any atom is 0.335 e. The number of rotatable bonds is 2. The van der Waals surface area contributed by atoms with Crippen molar-refractivity contribution >= 4 is 5.97 Å². The summed E-state index contributed by atoms with van der Waals surface area (Å²) >= 11 is 0. The lowest BCUT2D eigenvalue weighted by molar-refractivity contribution is -0.287. The Bertz CT molecular complexity index is 216. The zero-order valence-electron chi connectivity index (χ0n) is 7.40. The van der Waals surface area contributed by atoms with Crippen molar-refractivity contribution in [3.63, 3.8) is 0 Å². The fourth-order valence-corrected chi connectivity index (χ4v) is 1.25. The normalized spacial score (nSPS) is 43.6. The van der Waals surface area contributed by atoms with E-state index in [2.05, 4.69) is 4.74 Å². The minimum absolute atomic E-state index is 1.19. The second kappa shape index (κ2) is 4.20. The molecule has 1 rings (SSSR count). The zero-order chi connectivity index (χ0) is 10.9. The van der Waals surface area contributed by atoms with Gasteiger partial charge in [-0.3, -0.25) is 0 Å². The molecule has 0 aromatic heterocycles. The molecular weight excluding hydrogens is 196 g/mol. The second-order valence-electron chi connectivity index (χ2n) is 2.97. The minimum Gasteiger partial charge on any atom is -0.479 e. The van der Waals surface area contributed by atoms with Gasteiger partial charge >= 0.3 is 5.97 Å². The number of methoxy groups -OCH3 is 1. The molecule has 1 heterocycles. The Kier molecular flexibility index (Phi) is 3.40. The lowest BCUT2D eigenvalue weighted by Gasteiger charge is -2.37. The third-order valence-corrected chi connectivity index (χ3v) is 2.05. The van der Waals surface area contributed by atoms with E-state index in [1.54, 1.807) is 0 Å². The molecular formula is C7H12O7. The van der Waals surface area contributed by atoms with E-state index >= 15 is 0 Å². The zero-order valence-corrected chi connectivity index (χ0v) is 7.40. The third kappa shape index (κ3) is 1.86. The summed E-state index contributed by atoms with van der Waals surface area (Å²) in [7, 11) is 1.19. The first-order chi connectivity index (χ1) is 6.49. The molecule has 1 aliphatic rings. The molecule has 5 atom stereocenters. The van der Waals surface area contributed by atoms with Crippen molar-refractivity contribution < 1.29 is 34.7 Å². The largest absolute Gasteiger partial charge is 0.479 e. The molecule has 14 heavy (non-hydrogen) atoms. The summed E-state index contributed by atoms with van der Waals surface area (Å²) in [6.07, 6.45) is -7.60. The van der Waals surface area contributed by atoms with E-state index in [9.17, 15) is 20.1 Å². The highest BCUT2D eigenvalue weighted by molar-refractivity contribution is 5.73. The molecule has 0 aliphatic carbocycles. The summed E-state index contributed by atoms with van der Waals surface area (Å²) in [5, 5.41) is 36.3. The van der Waals surface area contributed by atoms with Crippen LogP contribution < -0.4 is 0 Å². The van der Waals surface area contributed by atoms with Crippen LogP contribution >= 0.6 is 0 Å². The van der Waals surface area contributed by atoms with Crippen LogP contribution in [0.5, 0.6) is 0 Å². The third-order valence-electron chi connectivity index (χ3n) is 2.05. The van der Waals surface area contributed by atoms with Crippen LogP contribution in [0.2, 0.25) is 0 Å². The molecule has 1 fully saturated rings. The Labute approximate surface area is 79.5 Å². The first-order valence-electron chi connectivity index (χ1n) is 3.94. The number of carboxylic acids is 1. The summed E-state index contributed by atoms with van der Waals surface area (Å²) in [5.41, 5.74) is 0. The summed E-state index contributed by atoms with van der Waals surface area (Å²) < 4.78 is 9.31. The van der Waals surface area contributed by atoms with Crippen LogP contribution in [0, 0.1) is 0 Å². The molecule has 0 radical (unpaired) electrons. The maximum atomic E-state index is 10.5. The first kappa shape index (κ1) is 11.3. The van der Waals surface area contributed by atoms with Crippen LogP contribution in [-0.2, 0) is 14.3 Å². The van der Waals surface area contributed by atoms with E-state index in [1.807, 2.05) is 0 Å². The van der Waals surface area contributed by atoms with Crippen molar-refractivity contribution in [2.75, 3.05) is 7.11 Å². The van der Waals surface area contributed by atoms with Crippen molar-refractivity contribution in [3.8, 4) is 0 Å². The summed E-state index contributed by atoms with van der Waals surface area (Å²) in [4.78, 5) is 10.5. The standard InChI is InChI=1S/C7H12O7/c1-13-7-4(10)2(8)3(9)5(14-7)6(11)12/h2-5,7-10H,1H3,(H,11,12)/t2-,3-,4+,5-,7?/m0/s1. The Morgan fingerprint density at radius 3 is 2.21 bits per heavy atom. The molecule has 1 saturated heterocycles. The fraction of sp³-hybridized carbons (Fsp3) is 0.857. The van der Waals surface area contributed by atoms with E-state index in [-0.39, 0.29) is 0 Å². The van der Waals surface area contributed by atoms with Crippen LogP contribution in [0.4, 0.5) is 0 Å². The SMILES string of the molecule is COC1O[C@H](C(=O)O)[C@@H](O)[C@H](O)[C@H]1O. The van der Waals surface area contributed by atoms with Gasteiger partial charge in [-0.25, -0.2) is 4.79 Å². The smallest absolute Gasteiger partial charge is 0.335 e. The van der Waals surface area contributed by atoms with E-state index < -0.39 is 36.7 Å². The molecule has 7 heteroatoms. The maximum absolute atomic E-state index is 10.5. The van der Waals surface area contributed by atoms with Gasteiger partial charge in [-0.1, -0.05) is 0 Å². The van der Waals surface area contributed by atoms with Gasteiger partial charge in [0.05, 0.1) is 0 Å². The molecule has 0 amide bonds. The van der Waals surface area contributed by atoms with E-state index in [4.69, 9.17) is 9.84 Å². The minimum atomic E-state index is -1.67. The number of aliphatic carboxylic acids is 1. The number of carboxylic acid groups (broad SMARTS) is 1. The van der Waals surface area contributed by atoms with Crippen LogP contribution in [0.15, 0.2) is 0 Å². The number of aliphatic hydroxyl groups excluding tert-OH is 3. The average Bonchev–Trinajstić information content (AvgIpc) is 2.14. The molecule has 82 valence electrons. The first-order valence-corrected chi connectivity index (χ1v) is 3.94. The molecule has 0 aromatic carbocycles. The van der Waals surface area contributed by atoms with Crippen LogP contribution in [0.3, 0.4) is 0 Å². The molecule has 0 saturated carbocycles. The van der Waals surface area contributed by atoms with Gasteiger partial charge in [-0.2, -0.15) is 0 Å². The van der Waals surface area contributed by atoms with Crippen LogP contribution in [-0.4, -0.2) is 64.2 Å². The topological polar surface area (TPSA) is 116 Å². The summed E-state index contributed by atoms with van der Waals surface area (Å²) in [6.45, 7) is 0. The number of carbonyl (C=O) groups is 1. The number of aliphatic hydroxyl groups is 3. The number of hydrogen-bond acceptors (Lipinski definition) is 6.